The van der Waals surface area contributed by atoms with E-state index in [2.05, 4.69) is 0 Å². The zero-order valence-electron chi connectivity index (χ0n) is 7.71. The van der Waals surface area contributed by atoms with E-state index in [9.17, 15) is 0 Å². The van der Waals surface area contributed by atoms with Crippen molar-refractivity contribution in [3.8, 4) is 0 Å². The minimum atomic E-state index is -2.19. The molecule has 0 saturated heterocycles. The summed E-state index contributed by atoms with van der Waals surface area (Å²) in [5.41, 5.74) is 0. The number of rotatable bonds is 0. The molecule has 12 heteroatoms. The molecule has 11 nitrogen and oxygen atoms in total. The number of hydrogen-bond acceptors (Lipinski definition) is 8. The SMILES string of the molecule is O.O.O=C([O-])C(=O)[O-].O=C([O-])C(=O)[O-].[NH4+].[Sb+3]. The summed E-state index contributed by atoms with van der Waals surface area (Å²) in [4.78, 5) is 35.7. The topological polar surface area (TPSA) is 260 Å². The molecule has 0 aromatic heterocycles. The number of carboxylic acids is 4. The third kappa shape index (κ3) is 39.0. The first-order chi connectivity index (χ1) is 5.29. The van der Waals surface area contributed by atoms with Gasteiger partial charge in [-0.15, -0.1) is 0 Å². The van der Waals surface area contributed by atoms with Crippen molar-refractivity contribution < 1.29 is 50.6 Å². The van der Waals surface area contributed by atoms with Crippen LogP contribution in [-0.2, 0) is 19.2 Å². The monoisotopic (exact) mass is 351 g/mol. The predicted molar refractivity (Wildman–Crippen MR) is 39.0 cm³/mol. The first-order valence-corrected chi connectivity index (χ1v) is 2.13. The van der Waals surface area contributed by atoms with Gasteiger partial charge in [0.05, 0.1) is 23.9 Å². The van der Waals surface area contributed by atoms with Crippen LogP contribution in [0.3, 0.4) is 0 Å². The van der Waals surface area contributed by atoms with Gasteiger partial charge < -0.3 is 56.7 Å². The summed E-state index contributed by atoms with van der Waals surface area (Å²) in [6.45, 7) is 0. The molecule has 0 spiro atoms. The number of quaternary nitrogens is 1. The molecule has 8 N–H and O–H groups in total. The van der Waals surface area contributed by atoms with Crippen molar-refractivity contribution in [1.82, 2.24) is 6.15 Å². The van der Waals surface area contributed by atoms with Crippen molar-refractivity contribution in [3.63, 3.8) is 0 Å². The number of hydrogen-bond donors (Lipinski definition) is 1. The van der Waals surface area contributed by atoms with Gasteiger partial charge in [-0.05, 0) is 0 Å². The maximum absolute atomic E-state index is 8.93. The zero-order chi connectivity index (χ0) is 10.3. The van der Waals surface area contributed by atoms with E-state index >= 15 is 0 Å². The van der Waals surface area contributed by atoms with E-state index in [0.29, 0.717) is 0 Å². The molecule has 0 unspecified atom stereocenters. The van der Waals surface area contributed by atoms with Gasteiger partial charge in [0.15, 0.2) is 0 Å². The minimum Gasteiger partial charge on any atom is -0.543 e. The third-order valence-corrected chi connectivity index (χ3v) is 0.333. The van der Waals surface area contributed by atoms with E-state index in [-0.39, 0.29) is 41.5 Å². The number of carbonyl (C=O) groups excluding carboxylic acids is 4. The summed E-state index contributed by atoms with van der Waals surface area (Å²) in [5, 5.41) is 35.7. The summed E-state index contributed by atoms with van der Waals surface area (Å²) in [7, 11) is 0. The molecular formula is C4H8NO10Sb. The molecule has 0 aromatic rings. The first kappa shape index (κ1) is 36.5. The maximum Gasteiger partial charge on any atom is 3.00 e. The maximum atomic E-state index is 8.93. The Kier molecular flexibility index (Phi) is 43.8. The average Bonchev–Trinajstić information content (AvgIpc) is 1.88. The number of carboxylic acid groups (broad SMARTS) is 4. The second-order valence-corrected chi connectivity index (χ2v) is 1.15. The van der Waals surface area contributed by atoms with Gasteiger partial charge in [-0.2, -0.15) is 0 Å². The Labute approximate surface area is 105 Å². The largest absolute Gasteiger partial charge is 3.00 e. The van der Waals surface area contributed by atoms with Crippen molar-refractivity contribution in [3.05, 3.63) is 0 Å². The van der Waals surface area contributed by atoms with Gasteiger partial charge in [-0.3, -0.25) is 0 Å². The fourth-order valence-corrected chi connectivity index (χ4v) is 0. The summed E-state index contributed by atoms with van der Waals surface area (Å²) in [5.74, 6) is -8.74. The minimum absolute atomic E-state index is 0. The standard InChI is InChI=1S/2C2H2O4.H3N.2H2O.Sb/c2*3-1(4)2(5)6;;;;/h2*(H,3,4)(H,5,6);1H3;2*1H2;/q;;;;;+3/p-3. The van der Waals surface area contributed by atoms with Crippen LogP contribution in [0, 0.1) is 0 Å². The molecule has 0 atom stereocenters. The molecule has 16 heavy (non-hydrogen) atoms. The normalized spacial score (nSPS) is 5.50. The quantitative estimate of drug-likeness (QED) is 0.322. The molecular weight excluding hydrogens is 344 g/mol. The van der Waals surface area contributed by atoms with E-state index in [1.54, 1.807) is 0 Å². The van der Waals surface area contributed by atoms with E-state index < -0.39 is 23.9 Å². The van der Waals surface area contributed by atoms with Gasteiger partial charge in [-0.1, -0.05) is 0 Å². The Balaban J connectivity index is -0.0000000250. The van der Waals surface area contributed by atoms with E-state index in [4.69, 9.17) is 39.6 Å². The molecule has 0 aliphatic carbocycles. The zero-order valence-corrected chi connectivity index (χ0v) is 10.3. The van der Waals surface area contributed by atoms with Crippen LogP contribution in [0.15, 0.2) is 0 Å². The molecule has 0 aliphatic rings. The molecule has 94 valence electrons. The molecule has 0 bridgehead atoms. The summed E-state index contributed by atoms with van der Waals surface area (Å²) in [6.07, 6.45) is 0. The number of aliphatic carboxylic acids is 4. The predicted octanol–water partition coefficient (Wildman–Crippen LogP) is -8.68. The van der Waals surface area contributed by atoms with Crippen molar-refractivity contribution in [2.24, 2.45) is 0 Å². The van der Waals surface area contributed by atoms with Gasteiger partial charge in [0, 0.05) is 0 Å². The van der Waals surface area contributed by atoms with Gasteiger partial charge in [0.25, 0.3) is 0 Å². The Morgan fingerprint density at radius 1 is 0.562 bits per heavy atom. The summed E-state index contributed by atoms with van der Waals surface area (Å²) in [6, 6.07) is 0. The van der Waals surface area contributed by atoms with E-state index in [0.717, 1.165) is 0 Å². The molecule has 0 aliphatic heterocycles. The Hall–Kier alpha value is -1.42. The van der Waals surface area contributed by atoms with Gasteiger partial charge >= 0.3 is 24.4 Å². The molecule has 0 heterocycles. The second kappa shape index (κ2) is 19.2. The summed E-state index contributed by atoms with van der Waals surface area (Å²) < 4.78 is 0. The second-order valence-electron chi connectivity index (χ2n) is 1.15. The Morgan fingerprint density at radius 2 is 0.625 bits per heavy atom. The van der Waals surface area contributed by atoms with Gasteiger partial charge in [-0.25, -0.2) is 0 Å². The average molecular weight is 352 g/mol. The van der Waals surface area contributed by atoms with E-state index in [1.807, 2.05) is 0 Å². The van der Waals surface area contributed by atoms with Crippen LogP contribution in [0.2, 0.25) is 0 Å². The Bertz CT molecular complexity index is 179. The van der Waals surface area contributed by atoms with Crippen molar-refractivity contribution in [2.45, 2.75) is 0 Å². The molecule has 0 fully saturated rings. The molecule has 0 saturated carbocycles. The van der Waals surface area contributed by atoms with Crippen LogP contribution in [0.5, 0.6) is 0 Å². The fraction of sp³-hybridized carbons (Fsp3) is 0. The van der Waals surface area contributed by atoms with Crippen molar-refractivity contribution in [1.29, 1.82) is 0 Å². The van der Waals surface area contributed by atoms with Crippen LogP contribution in [0.4, 0.5) is 0 Å². The van der Waals surface area contributed by atoms with Gasteiger partial charge in [0.2, 0.25) is 0 Å². The van der Waals surface area contributed by atoms with Crippen LogP contribution >= 0.6 is 0 Å². The summed E-state index contributed by atoms with van der Waals surface area (Å²) >= 11 is 0. The van der Waals surface area contributed by atoms with Crippen LogP contribution in [-0.4, -0.2) is 59.3 Å². The first-order valence-electron chi connectivity index (χ1n) is 2.13. The van der Waals surface area contributed by atoms with Gasteiger partial charge in [0.1, 0.15) is 0 Å². The van der Waals surface area contributed by atoms with Crippen LogP contribution in [0.1, 0.15) is 0 Å². The molecule has 0 amide bonds. The Morgan fingerprint density at radius 3 is 0.625 bits per heavy atom. The smallest absolute Gasteiger partial charge is 0.543 e. The molecule has 0 rings (SSSR count). The molecule has 0 aromatic carbocycles. The fourth-order valence-electron chi connectivity index (χ4n) is 0. The number of carbonyl (C=O) groups is 4. The molecule has 2 radical (unpaired) electrons. The van der Waals surface area contributed by atoms with Crippen LogP contribution in [0.25, 0.3) is 0 Å². The third-order valence-electron chi connectivity index (χ3n) is 0.333. The van der Waals surface area contributed by atoms with Crippen LogP contribution < -0.4 is 26.6 Å². The van der Waals surface area contributed by atoms with Crippen molar-refractivity contribution >= 4 is 48.3 Å². The van der Waals surface area contributed by atoms with Crippen molar-refractivity contribution in [2.75, 3.05) is 0 Å². The van der Waals surface area contributed by atoms with E-state index in [1.165, 1.54) is 0 Å².